The number of halogens is 1. The van der Waals surface area contributed by atoms with Gasteiger partial charge in [0.1, 0.15) is 0 Å². The normalized spacial score (nSPS) is 17.6. The lowest BCUT2D eigenvalue weighted by atomic mass is 10.0. The SMILES string of the molecule is CCC1CCCCN1c1nc2nccc(-c3ccc(Cl)cc3)c2c(=O)[nH]1. The molecule has 1 aliphatic rings. The molecule has 3 aromatic rings. The van der Waals surface area contributed by atoms with Crippen LogP contribution in [0.3, 0.4) is 0 Å². The van der Waals surface area contributed by atoms with Gasteiger partial charge in [-0.15, -0.1) is 0 Å². The molecule has 2 aromatic heterocycles. The smallest absolute Gasteiger partial charge is 0.262 e. The number of pyridine rings is 1. The van der Waals surface area contributed by atoms with Crippen molar-refractivity contribution >= 4 is 28.6 Å². The van der Waals surface area contributed by atoms with Crippen LogP contribution in [0.25, 0.3) is 22.2 Å². The molecular weight excluding hydrogens is 348 g/mol. The summed E-state index contributed by atoms with van der Waals surface area (Å²) in [5.74, 6) is 0.634. The first-order valence-corrected chi connectivity index (χ1v) is 9.47. The molecule has 0 aliphatic carbocycles. The van der Waals surface area contributed by atoms with Crippen LogP contribution >= 0.6 is 11.6 Å². The van der Waals surface area contributed by atoms with Gasteiger partial charge in [0.15, 0.2) is 5.65 Å². The molecule has 1 fully saturated rings. The fraction of sp³-hybridized carbons (Fsp3) is 0.350. The maximum Gasteiger partial charge on any atom is 0.262 e. The average Bonchev–Trinajstić information content (AvgIpc) is 2.68. The molecule has 1 aliphatic heterocycles. The van der Waals surface area contributed by atoms with Crippen molar-refractivity contribution in [2.75, 3.05) is 11.4 Å². The topological polar surface area (TPSA) is 61.9 Å². The van der Waals surface area contributed by atoms with Crippen LogP contribution in [0.4, 0.5) is 5.95 Å². The molecule has 3 heterocycles. The number of hydrogen-bond donors (Lipinski definition) is 1. The summed E-state index contributed by atoms with van der Waals surface area (Å²) < 4.78 is 0. The van der Waals surface area contributed by atoms with E-state index in [2.05, 4.69) is 21.8 Å². The van der Waals surface area contributed by atoms with Gasteiger partial charge in [0.25, 0.3) is 5.56 Å². The summed E-state index contributed by atoms with van der Waals surface area (Å²) in [5.41, 5.74) is 2.07. The molecule has 5 nitrogen and oxygen atoms in total. The van der Waals surface area contributed by atoms with Gasteiger partial charge >= 0.3 is 0 Å². The van der Waals surface area contributed by atoms with E-state index in [4.69, 9.17) is 16.6 Å². The Hall–Kier alpha value is -2.40. The zero-order chi connectivity index (χ0) is 18.1. The van der Waals surface area contributed by atoms with E-state index >= 15 is 0 Å². The Morgan fingerprint density at radius 3 is 2.81 bits per heavy atom. The van der Waals surface area contributed by atoms with Crippen molar-refractivity contribution in [1.29, 1.82) is 0 Å². The number of rotatable bonds is 3. The predicted octanol–water partition coefficient (Wildman–Crippen LogP) is 4.41. The number of hydrogen-bond acceptors (Lipinski definition) is 4. The lowest BCUT2D eigenvalue weighted by molar-refractivity contribution is 0.443. The van der Waals surface area contributed by atoms with Crippen LogP contribution in [0.1, 0.15) is 32.6 Å². The summed E-state index contributed by atoms with van der Waals surface area (Å²) in [4.78, 5) is 27.2. The molecule has 1 saturated heterocycles. The van der Waals surface area contributed by atoms with Crippen molar-refractivity contribution in [3.63, 3.8) is 0 Å². The summed E-state index contributed by atoms with van der Waals surface area (Å²) in [7, 11) is 0. The molecule has 26 heavy (non-hydrogen) atoms. The Bertz CT molecular complexity index is 983. The molecule has 134 valence electrons. The number of aromatic nitrogens is 3. The van der Waals surface area contributed by atoms with Crippen LogP contribution in [0.5, 0.6) is 0 Å². The lowest BCUT2D eigenvalue weighted by Crippen LogP contribution is -2.41. The molecule has 4 rings (SSSR count). The van der Waals surface area contributed by atoms with Crippen molar-refractivity contribution in [1.82, 2.24) is 15.0 Å². The van der Waals surface area contributed by atoms with Gasteiger partial charge in [0.05, 0.1) is 5.39 Å². The zero-order valence-corrected chi connectivity index (χ0v) is 15.5. The highest BCUT2D eigenvalue weighted by atomic mass is 35.5. The third-order valence-corrected chi connectivity index (χ3v) is 5.37. The molecule has 0 spiro atoms. The Kier molecular flexibility index (Phi) is 4.64. The van der Waals surface area contributed by atoms with E-state index in [9.17, 15) is 4.79 Å². The van der Waals surface area contributed by atoms with E-state index in [0.717, 1.165) is 36.9 Å². The van der Waals surface area contributed by atoms with Crippen LogP contribution in [0.2, 0.25) is 5.02 Å². The van der Waals surface area contributed by atoms with Crippen LogP contribution in [-0.2, 0) is 0 Å². The molecule has 6 heteroatoms. The Balaban J connectivity index is 1.84. The van der Waals surface area contributed by atoms with E-state index < -0.39 is 0 Å². The first-order valence-electron chi connectivity index (χ1n) is 9.09. The first-order chi connectivity index (χ1) is 12.7. The number of nitrogens with zero attached hydrogens (tertiary/aromatic N) is 3. The summed E-state index contributed by atoms with van der Waals surface area (Å²) in [5, 5.41) is 1.18. The predicted molar refractivity (Wildman–Crippen MR) is 106 cm³/mol. The van der Waals surface area contributed by atoms with E-state index in [1.165, 1.54) is 6.42 Å². The molecule has 0 amide bonds. The largest absolute Gasteiger partial charge is 0.339 e. The Labute approximate surface area is 157 Å². The highest BCUT2D eigenvalue weighted by Crippen LogP contribution is 2.28. The van der Waals surface area contributed by atoms with Crippen LogP contribution in [0, 0.1) is 0 Å². The zero-order valence-electron chi connectivity index (χ0n) is 14.7. The molecular formula is C20H21ClN4O. The third-order valence-electron chi connectivity index (χ3n) is 5.12. The summed E-state index contributed by atoms with van der Waals surface area (Å²) >= 11 is 5.98. The molecule has 0 saturated carbocycles. The fourth-order valence-corrected chi connectivity index (χ4v) is 3.89. The number of benzene rings is 1. The first kappa shape index (κ1) is 17.0. The van der Waals surface area contributed by atoms with Crippen molar-refractivity contribution in [2.24, 2.45) is 0 Å². The van der Waals surface area contributed by atoms with Crippen LogP contribution < -0.4 is 10.5 Å². The minimum atomic E-state index is -0.150. The van der Waals surface area contributed by atoms with Crippen molar-refractivity contribution in [2.45, 2.75) is 38.6 Å². The monoisotopic (exact) mass is 368 g/mol. The number of H-pyrrole nitrogens is 1. The molecule has 1 unspecified atom stereocenters. The summed E-state index contributed by atoms with van der Waals surface area (Å²) in [6, 6.07) is 9.71. The maximum absolute atomic E-state index is 12.9. The second-order valence-corrected chi connectivity index (χ2v) is 7.14. The molecule has 1 aromatic carbocycles. The minimum Gasteiger partial charge on any atom is -0.339 e. The van der Waals surface area contributed by atoms with Crippen molar-refractivity contribution < 1.29 is 0 Å². The van der Waals surface area contributed by atoms with Gasteiger partial charge in [-0.25, -0.2) is 4.98 Å². The van der Waals surface area contributed by atoms with Gasteiger partial charge in [-0.05, 0) is 55.0 Å². The quantitative estimate of drug-likeness (QED) is 0.743. The number of fused-ring (bicyclic) bond motifs is 1. The highest BCUT2D eigenvalue weighted by molar-refractivity contribution is 6.30. The average molecular weight is 369 g/mol. The fourth-order valence-electron chi connectivity index (χ4n) is 3.76. The highest BCUT2D eigenvalue weighted by Gasteiger charge is 2.24. The minimum absolute atomic E-state index is 0.150. The Morgan fingerprint density at radius 2 is 2.04 bits per heavy atom. The van der Waals surface area contributed by atoms with Gasteiger partial charge < -0.3 is 4.90 Å². The number of aromatic amines is 1. The summed E-state index contributed by atoms with van der Waals surface area (Å²) in [6.45, 7) is 3.10. The number of piperidine rings is 1. The van der Waals surface area contributed by atoms with Crippen molar-refractivity contribution in [3.8, 4) is 11.1 Å². The molecule has 0 radical (unpaired) electrons. The van der Waals surface area contributed by atoms with Gasteiger partial charge in [0.2, 0.25) is 5.95 Å². The van der Waals surface area contributed by atoms with E-state index in [0.29, 0.717) is 28.0 Å². The molecule has 0 bridgehead atoms. The van der Waals surface area contributed by atoms with E-state index in [1.807, 2.05) is 30.3 Å². The van der Waals surface area contributed by atoms with Crippen LogP contribution in [-0.4, -0.2) is 27.5 Å². The second kappa shape index (κ2) is 7.08. The second-order valence-electron chi connectivity index (χ2n) is 6.70. The third kappa shape index (κ3) is 3.07. The summed E-state index contributed by atoms with van der Waals surface area (Å²) in [6.07, 6.45) is 6.23. The maximum atomic E-state index is 12.9. The number of nitrogens with one attached hydrogen (secondary N) is 1. The van der Waals surface area contributed by atoms with E-state index in [1.54, 1.807) is 6.20 Å². The number of anilines is 1. The van der Waals surface area contributed by atoms with Gasteiger partial charge in [-0.3, -0.25) is 9.78 Å². The molecule has 1 N–H and O–H groups in total. The standard InChI is InChI=1S/C20H21ClN4O/c1-2-15-5-3-4-12-25(15)20-23-18-17(19(26)24-20)16(10-11-22-18)13-6-8-14(21)9-7-13/h6-11,15H,2-5,12H2,1H3,(H,22,23,24,26). The van der Waals surface area contributed by atoms with Gasteiger partial charge in [-0.2, -0.15) is 4.98 Å². The lowest BCUT2D eigenvalue weighted by Gasteiger charge is -2.35. The van der Waals surface area contributed by atoms with E-state index in [-0.39, 0.29) is 5.56 Å². The Morgan fingerprint density at radius 1 is 1.23 bits per heavy atom. The van der Waals surface area contributed by atoms with Crippen LogP contribution in [0.15, 0.2) is 41.3 Å². The van der Waals surface area contributed by atoms with Gasteiger partial charge in [-0.1, -0.05) is 30.7 Å². The molecule has 1 atom stereocenters. The van der Waals surface area contributed by atoms with Gasteiger partial charge in [0, 0.05) is 23.8 Å². The van der Waals surface area contributed by atoms with Crippen molar-refractivity contribution in [3.05, 3.63) is 51.9 Å².